The van der Waals surface area contributed by atoms with Crippen LogP contribution < -0.4 is 5.32 Å². The van der Waals surface area contributed by atoms with Crippen molar-refractivity contribution >= 4 is 0 Å². The summed E-state index contributed by atoms with van der Waals surface area (Å²) in [4.78, 5) is 0. The van der Waals surface area contributed by atoms with E-state index < -0.39 is 0 Å². The van der Waals surface area contributed by atoms with E-state index in [-0.39, 0.29) is 0 Å². The van der Waals surface area contributed by atoms with E-state index in [0.717, 1.165) is 38.1 Å². The van der Waals surface area contributed by atoms with Crippen molar-refractivity contribution in [3.05, 3.63) is 12.7 Å². The predicted octanol–water partition coefficient (Wildman–Crippen LogP) is 1.97. The van der Waals surface area contributed by atoms with Gasteiger partial charge in [-0.25, -0.2) is 0 Å². The molecule has 1 aliphatic carbocycles. The molecule has 0 radical (unpaired) electrons. The molecule has 0 spiro atoms. The van der Waals surface area contributed by atoms with Crippen LogP contribution in [0.1, 0.15) is 26.2 Å². The van der Waals surface area contributed by atoms with Crippen molar-refractivity contribution in [3.8, 4) is 0 Å². The summed E-state index contributed by atoms with van der Waals surface area (Å²) in [5.41, 5.74) is 0. The molecule has 2 nitrogen and oxygen atoms in total. The highest BCUT2D eigenvalue weighted by atomic mass is 16.5. The van der Waals surface area contributed by atoms with Gasteiger partial charge in [-0.05, 0) is 25.2 Å². The van der Waals surface area contributed by atoms with Crippen LogP contribution in [-0.4, -0.2) is 25.8 Å². The molecule has 0 aromatic carbocycles. The molecule has 0 aromatic heterocycles. The molecule has 1 aliphatic rings. The van der Waals surface area contributed by atoms with E-state index in [2.05, 4.69) is 18.8 Å². The fraction of sp³-hybridized carbons (Fsp3) is 0.818. The van der Waals surface area contributed by atoms with Gasteiger partial charge in [0.15, 0.2) is 0 Å². The van der Waals surface area contributed by atoms with Gasteiger partial charge in [-0.3, -0.25) is 0 Å². The van der Waals surface area contributed by atoms with Crippen LogP contribution in [0.25, 0.3) is 0 Å². The van der Waals surface area contributed by atoms with E-state index in [4.69, 9.17) is 4.74 Å². The van der Waals surface area contributed by atoms with Crippen molar-refractivity contribution in [3.63, 3.8) is 0 Å². The van der Waals surface area contributed by atoms with Crippen molar-refractivity contribution in [2.24, 2.45) is 5.92 Å². The zero-order valence-electron chi connectivity index (χ0n) is 8.59. The molecule has 0 bridgehead atoms. The summed E-state index contributed by atoms with van der Waals surface area (Å²) in [6, 6.07) is 0.762. The standard InChI is InChI=1S/C11H21NO/c1-3-4-6-13-7-5-12-11-8-10(2)9-11/h3,10-12H,1,4-9H2,2H3. The summed E-state index contributed by atoms with van der Waals surface area (Å²) in [7, 11) is 0. The largest absolute Gasteiger partial charge is 0.380 e. The van der Waals surface area contributed by atoms with E-state index in [0.29, 0.717) is 0 Å². The summed E-state index contributed by atoms with van der Waals surface area (Å²) in [6.07, 6.45) is 5.53. The van der Waals surface area contributed by atoms with Gasteiger partial charge in [-0.2, -0.15) is 0 Å². The Morgan fingerprint density at radius 3 is 2.85 bits per heavy atom. The van der Waals surface area contributed by atoms with Crippen molar-refractivity contribution in [2.45, 2.75) is 32.2 Å². The molecule has 0 atom stereocenters. The number of ether oxygens (including phenoxy) is 1. The zero-order valence-corrected chi connectivity index (χ0v) is 8.59. The molecule has 2 heteroatoms. The van der Waals surface area contributed by atoms with Gasteiger partial charge in [0.25, 0.3) is 0 Å². The minimum atomic E-state index is 0.762. The van der Waals surface area contributed by atoms with Crippen LogP contribution >= 0.6 is 0 Å². The number of rotatable bonds is 7. The lowest BCUT2D eigenvalue weighted by molar-refractivity contribution is 0.130. The topological polar surface area (TPSA) is 21.3 Å². The summed E-state index contributed by atoms with van der Waals surface area (Å²) in [5.74, 6) is 0.930. The maximum Gasteiger partial charge on any atom is 0.0591 e. The molecule has 76 valence electrons. The van der Waals surface area contributed by atoms with E-state index in [1.807, 2.05) is 6.08 Å². The molecule has 13 heavy (non-hydrogen) atoms. The Bertz CT molecular complexity index is 141. The van der Waals surface area contributed by atoms with Gasteiger partial charge < -0.3 is 10.1 Å². The SMILES string of the molecule is C=CCCOCCNC1CC(C)C1. The highest BCUT2D eigenvalue weighted by molar-refractivity contribution is 4.81. The van der Waals surface area contributed by atoms with Crippen LogP contribution in [0.3, 0.4) is 0 Å². The Morgan fingerprint density at radius 1 is 1.46 bits per heavy atom. The second-order valence-corrected chi connectivity index (χ2v) is 3.92. The first-order valence-corrected chi connectivity index (χ1v) is 5.25. The highest BCUT2D eigenvalue weighted by Gasteiger charge is 2.23. The lowest BCUT2D eigenvalue weighted by Gasteiger charge is -2.33. The molecule has 0 amide bonds. The van der Waals surface area contributed by atoms with Crippen molar-refractivity contribution in [1.29, 1.82) is 0 Å². The lowest BCUT2D eigenvalue weighted by atomic mass is 9.82. The normalized spacial score (nSPS) is 26.8. The van der Waals surface area contributed by atoms with Crippen LogP contribution in [-0.2, 0) is 4.74 Å². The van der Waals surface area contributed by atoms with Crippen LogP contribution in [0.2, 0.25) is 0 Å². The smallest absolute Gasteiger partial charge is 0.0591 e. The zero-order chi connectivity index (χ0) is 9.52. The number of nitrogens with one attached hydrogen (secondary N) is 1. The first-order valence-electron chi connectivity index (χ1n) is 5.25. The third-order valence-electron chi connectivity index (χ3n) is 2.52. The van der Waals surface area contributed by atoms with E-state index >= 15 is 0 Å². The Labute approximate surface area is 81.4 Å². The van der Waals surface area contributed by atoms with Gasteiger partial charge in [0.2, 0.25) is 0 Å². The van der Waals surface area contributed by atoms with Gasteiger partial charge in [0, 0.05) is 12.6 Å². The lowest BCUT2D eigenvalue weighted by Crippen LogP contribution is -2.41. The molecule has 1 rings (SSSR count). The van der Waals surface area contributed by atoms with Crippen LogP contribution in [0.15, 0.2) is 12.7 Å². The van der Waals surface area contributed by atoms with Crippen LogP contribution in [0.4, 0.5) is 0 Å². The molecule has 0 aliphatic heterocycles. The molecule has 0 aromatic rings. The summed E-state index contributed by atoms with van der Waals surface area (Å²) >= 11 is 0. The molecule has 0 heterocycles. The summed E-state index contributed by atoms with van der Waals surface area (Å²) in [5, 5.41) is 3.48. The predicted molar refractivity (Wildman–Crippen MR) is 55.8 cm³/mol. The number of hydrogen-bond acceptors (Lipinski definition) is 2. The van der Waals surface area contributed by atoms with Gasteiger partial charge in [-0.15, -0.1) is 6.58 Å². The average molecular weight is 183 g/mol. The monoisotopic (exact) mass is 183 g/mol. The maximum atomic E-state index is 5.39. The van der Waals surface area contributed by atoms with Crippen molar-refractivity contribution in [1.82, 2.24) is 5.32 Å². The fourth-order valence-corrected chi connectivity index (χ4v) is 1.67. The van der Waals surface area contributed by atoms with Crippen LogP contribution in [0.5, 0.6) is 0 Å². The van der Waals surface area contributed by atoms with Gasteiger partial charge >= 0.3 is 0 Å². The van der Waals surface area contributed by atoms with Gasteiger partial charge in [-0.1, -0.05) is 13.0 Å². The molecule has 0 unspecified atom stereocenters. The van der Waals surface area contributed by atoms with Crippen LogP contribution in [0, 0.1) is 5.92 Å². The second kappa shape index (κ2) is 6.17. The average Bonchev–Trinajstić information content (AvgIpc) is 2.07. The minimum Gasteiger partial charge on any atom is -0.380 e. The third kappa shape index (κ3) is 4.44. The maximum absolute atomic E-state index is 5.39. The Balaban J connectivity index is 1.77. The Morgan fingerprint density at radius 2 is 2.23 bits per heavy atom. The molecule has 1 N–H and O–H groups in total. The molecule has 1 saturated carbocycles. The molecular formula is C11H21NO. The van der Waals surface area contributed by atoms with Crippen molar-refractivity contribution < 1.29 is 4.74 Å². The molecule has 0 saturated heterocycles. The minimum absolute atomic E-state index is 0.762. The first kappa shape index (κ1) is 10.7. The molecule has 1 fully saturated rings. The van der Waals surface area contributed by atoms with Gasteiger partial charge in [0.1, 0.15) is 0 Å². The van der Waals surface area contributed by atoms with Gasteiger partial charge in [0.05, 0.1) is 13.2 Å². The quantitative estimate of drug-likeness (QED) is 0.481. The third-order valence-corrected chi connectivity index (χ3v) is 2.52. The second-order valence-electron chi connectivity index (χ2n) is 3.92. The van der Waals surface area contributed by atoms with Crippen molar-refractivity contribution in [2.75, 3.05) is 19.8 Å². The van der Waals surface area contributed by atoms with E-state index in [1.165, 1.54) is 12.8 Å². The highest BCUT2D eigenvalue weighted by Crippen LogP contribution is 2.25. The summed E-state index contributed by atoms with van der Waals surface area (Å²) in [6.45, 7) is 8.58. The first-order chi connectivity index (χ1) is 6.33. The Hall–Kier alpha value is -0.340. The molecular weight excluding hydrogens is 162 g/mol. The number of hydrogen-bond donors (Lipinski definition) is 1. The Kier molecular flexibility index (Phi) is 5.09. The fourth-order valence-electron chi connectivity index (χ4n) is 1.67. The summed E-state index contributed by atoms with van der Waals surface area (Å²) < 4.78 is 5.39. The van der Waals surface area contributed by atoms with E-state index in [9.17, 15) is 0 Å². The van der Waals surface area contributed by atoms with E-state index in [1.54, 1.807) is 0 Å².